The summed E-state index contributed by atoms with van der Waals surface area (Å²) in [6.07, 6.45) is 0.827. The fraction of sp³-hybridized carbons (Fsp3) is 0.222. The molecule has 0 fully saturated rings. The van der Waals surface area contributed by atoms with Gasteiger partial charge in [-0.3, -0.25) is 4.99 Å². The molecule has 3 aromatic carbocycles. The number of aryl methyl sites for hydroxylation is 1. The van der Waals surface area contributed by atoms with E-state index in [0.29, 0.717) is 0 Å². The van der Waals surface area contributed by atoms with Gasteiger partial charge in [0, 0.05) is 5.75 Å². The van der Waals surface area contributed by atoms with E-state index in [4.69, 9.17) is 0 Å². The van der Waals surface area contributed by atoms with Crippen LogP contribution in [0.5, 0.6) is 0 Å². The Labute approximate surface area is 184 Å². The normalized spacial score (nSPS) is 14.3. The average Bonchev–Trinajstić information content (AvgIpc) is 3.29. The van der Waals surface area contributed by atoms with E-state index in [-0.39, 0.29) is 6.04 Å². The summed E-state index contributed by atoms with van der Waals surface area (Å²) in [4.78, 5) is 4.64. The first kappa shape index (κ1) is 20.5. The summed E-state index contributed by atoms with van der Waals surface area (Å²) in [6.45, 7) is 9.80. The van der Waals surface area contributed by atoms with Gasteiger partial charge in [-0.05, 0) is 59.2 Å². The molecule has 1 aliphatic rings. The van der Waals surface area contributed by atoms with Crippen LogP contribution in [0.15, 0.2) is 84.4 Å². The minimum absolute atomic E-state index is 0.144. The van der Waals surface area contributed by atoms with Crippen molar-refractivity contribution in [3.05, 3.63) is 102 Å². The Morgan fingerprint density at radius 2 is 1.77 bits per heavy atom. The lowest BCUT2D eigenvalue weighted by molar-refractivity contribution is 0.666. The summed E-state index contributed by atoms with van der Waals surface area (Å²) in [5, 5.41) is 4.76. The van der Waals surface area contributed by atoms with Crippen molar-refractivity contribution in [1.82, 2.24) is 5.32 Å². The lowest BCUT2D eigenvalue weighted by Gasteiger charge is -2.24. The van der Waals surface area contributed by atoms with E-state index in [1.807, 2.05) is 11.8 Å². The maximum atomic E-state index is 4.64. The molecule has 2 nitrogen and oxygen atoms in total. The van der Waals surface area contributed by atoms with Crippen molar-refractivity contribution in [2.45, 2.75) is 26.3 Å². The van der Waals surface area contributed by atoms with E-state index in [1.54, 1.807) is 0 Å². The van der Waals surface area contributed by atoms with E-state index in [2.05, 4.69) is 104 Å². The lowest BCUT2D eigenvalue weighted by atomic mass is 9.88. The molecule has 1 atom stereocenters. The quantitative estimate of drug-likeness (QED) is 0.481. The second-order valence-electron chi connectivity index (χ2n) is 7.74. The van der Waals surface area contributed by atoms with Gasteiger partial charge in [-0.1, -0.05) is 91.1 Å². The van der Waals surface area contributed by atoms with Crippen LogP contribution < -0.4 is 5.32 Å². The third kappa shape index (κ3) is 4.52. The molecule has 0 bridgehead atoms. The molecule has 1 N–H and O–H groups in total. The average molecular weight is 413 g/mol. The lowest BCUT2D eigenvalue weighted by Crippen LogP contribution is -2.26. The van der Waals surface area contributed by atoms with Crippen molar-refractivity contribution < 1.29 is 0 Å². The number of aliphatic imine (C=N–C) groups is 1. The zero-order valence-corrected chi connectivity index (χ0v) is 18.5. The molecule has 4 rings (SSSR count). The molecule has 0 aliphatic carbocycles. The summed E-state index contributed by atoms with van der Waals surface area (Å²) in [7, 11) is 0. The maximum absolute atomic E-state index is 4.64. The van der Waals surface area contributed by atoms with Gasteiger partial charge in [0.25, 0.3) is 0 Å². The van der Waals surface area contributed by atoms with Gasteiger partial charge in [-0.2, -0.15) is 0 Å². The Kier molecular flexibility index (Phi) is 6.39. The van der Waals surface area contributed by atoms with Crippen LogP contribution in [0, 0.1) is 13.8 Å². The molecule has 0 amide bonds. The van der Waals surface area contributed by atoms with Crippen LogP contribution in [0.2, 0.25) is 0 Å². The Morgan fingerprint density at radius 1 is 1.00 bits per heavy atom. The van der Waals surface area contributed by atoms with Crippen molar-refractivity contribution in [3.63, 3.8) is 0 Å². The molecule has 0 saturated carbocycles. The number of nitrogens with zero attached hydrogens (tertiary/aromatic N) is 1. The number of hydrogen-bond donors (Lipinski definition) is 1. The zero-order valence-electron chi connectivity index (χ0n) is 17.7. The smallest absolute Gasteiger partial charge is 0.157 e. The van der Waals surface area contributed by atoms with E-state index in [1.165, 1.54) is 33.4 Å². The zero-order chi connectivity index (χ0) is 20.9. The molecular weight excluding hydrogens is 384 g/mol. The summed E-state index contributed by atoms with van der Waals surface area (Å²) in [6, 6.07) is 25.8. The molecule has 30 heavy (non-hydrogen) atoms. The van der Waals surface area contributed by atoms with Crippen LogP contribution in [0.4, 0.5) is 0 Å². The van der Waals surface area contributed by atoms with Crippen LogP contribution in [0.25, 0.3) is 16.7 Å². The molecule has 0 radical (unpaired) electrons. The Bertz CT molecular complexity index is 1070. The number of benzene rings is 3. The van der Waals surface area contributed by atoms with Crippen molar-refractivity contribution in [2.75, 3.05) is 12.3 Å². The Hall–Kier alpha value is -2.78. The molecular formula is C27H28N2S. The van der Waals surface area contributed by atoms with Crippen molar-refractivity contribution in [3.8, 4) is 11.1 Å². The molecule has 1 unspecified atom stereocenters. The standard InChI is InChI=1S/C27H28N2S/c1-19-10-9-15-24(21(19)3)26(29-27-28-16-17-30-27)18-20(2)23-13-7-8-14-25(23)22-11-5-4-6-12-22/h4-15,26H,2,16-18H2,1,3H3,(H,28,29). The summed E-state index contributed by atoms with van der Waals surface area (Å²) in [5.74, 6) is 1.06. The molecule has 3 heteroatoms. The Balaban J connectivity index is 1.67. The monoisotopic (exact) mass is 412 g/mol. The van der Waals surface area contributed by atoms with Crippen molar-refractivity contribution in [1.29, 1.82) is 0 Å². The molecule has 1 aliphatic heterocycles. The predicted molar refractivity (Wildman–Crippen MR) is 132 cm³/mol. The van der Waals surface area contributed by atoms with E-state index >= 15 is 0 Å². The molecule has 0 aromatic heterocycles. The van der Waals surface area contributed by atoms with E-state index < -0.39 is 0 Å². The molecule has 3 aromatic rings. The van der Waals surface area contributed by atoms with Crippen LogP contribution in [-0.2, 0) is 0 Å². The highest BCUT2D eigenvalue weighted by molar-refractivity contribution is 8.14. The SMILES string of the molecule is C=C(CC(NC1=NCCS1)c1cccc(C)c1C)c1ccccc1-c1ccccc1. The van der Waals surface area contributed by atoms with E-state index in [9.17, 15) is 0 Å². The number of hydrogen-bond acceptors (Lipinski definition) is 3. The van der Waals surface area contributed by atoms with Gasteiger partial charge in [0.05, 0.1) is 12.6 Å². The number of nitrogens with one attached hydrogen (secondary N) is 1. The van der Waals surface area contributed by atoms with Crippen LogP contribution in [0.3, 0.4) is 0 Å². The minimum Gasteiger partial charge on any atom is -0.358 e. The summed E-state index contributed by atoms with van der Waals surface area (Å²) >= 11 is 1.81. The highest BCUT2D eigenvalue weighted by Gasteiger charge is 2.20. The minimum atomic E-state index is 0.144. The van der Waals surface area contributed by atoms with Gasteiger partial charge in [0.15, 0.2) is 5.17 Å². The molecule has 1 heterocycles. The molecule has 0 saturated heterocycles. The van der Waals surface area contributed by atoms with Crippen molar-refractivity contribution in [2.24, 2.45) is 4.99 Å². The van der Waals surface area contributed by atoms with Gasteiger partial charge in [0.2, 0.25) is 0 Å². The maximum Gasteiger partial charge on any atom is 0.157 e. The third-order valence-electron chi connectivity index (χ3n) is 5.75. The highest BCUT2D eigenvalue weighted by atomic mass is 32.2. The van der Waals surface area contributed by atoms with Gasteiger partial charge >= 0.3 is 0 Å². The van der Waals surface area contributed by atoms with Gasteiger partial charge in [-0.25, -0.2) is 0 Å². The fourth-order valence-corrected chi connectivity index (χ4v) is 4.76. The number of rotatable bonds is 6. The van der Waals surface area contributed by atoms with E-state index in [0.717, 1.165) is 29.5 Å². The first-order valence-electron chi connectivity index (χ1n) is 10.5. The van der Waals surface area contributed by atoms with Crippen LogP contribution >= 0.6 is 11.8 Å². The summed E-state index contributed by atoms with van der Waals surface area (Å²) in [5.41, 5.74) is 8.77. The van der Waals surface area contributed by atoms with Gasteiger partial charge in [0.1, 0.15) is 0 Å². The third-order valence-corrected chi connectivity index (χ3v) is 6.66. The van der Waals surface area contributed by atoms with Crippen LogP contribution in [0.1, 0.15) is 34.7 Å². The van der Waals surface area contributed by atoms with Gasteiger partial charge in [-0.15, -0.1) is 0 Å². The second kappa shape index (κ2) is 9.36. The first-order valence-corrected chi connectivity index (χ1v) is 11.4. The highest BCUT2D eigenvalue weighted by Crippen LogP contribution is 2.35. The summed E-state index contributed by atoms with van der Waals surface area (Å²) < 4.78 is 0. The molecule has 0 spiro atoms. The van der Waals surface area contributed by atoms with Crippen molar-refractivity contribution >= 4 is 22.5 Å². The van der Waals surface area contributed by atoms with Crippen LogP contribution in [-0.4, -0.2) is 17.5 Å². The number of amidine groups is 1. The largest absolute Gasteiger partial charge is 0.358 e. The second-order valence-corrected chi connectivity index (χ2v) is 8.82. The molecule has 152 valence electrons. The Morgan fingerprint density at radius 3 is 2.53 bits per heavy atom. The van der Waals surface area contributed by atoms with Gasteiger partial charge < -0.3 is 5.32 Å². The fourth-order valence-electron chi connectivity index (χ4n) is 3.98. The topological polar surface area (TPSA) is 24.4 Å². The predicted octanol–water partition coefficient (Wildman–Crippen LogP) is 6.81. The first-order chi connectivity index (χ1) is 14.6. The number of thioether (sulfide) groups is 1.